The smallest absolute Gasteiger partial charge is 0.302 e. The Morgan fingerprint density at radius 1 is 1.33 bits per heavy atom. The van der Waals surface area contributed by atoms with Crippen LogP contribution in [0.2, 0.25) is 0 Å². The van der Waals surface area contributed by atoms with Crippen LogP contribution in [-0.4, -0.2) is 21.8 Å². The minimum Gasteiger partial charge on any atom is -0.462 e. The standard InChI is InChI=1S/C17H26BrClO2/c1-11-8-13(21-12(2)20)9-15(3,4)17(11)7-6-16(5,18)14(19)10-17/h13-14H,1,6-10H2,2-5H3/t13-,14+,16+,17+/m0/s1. The lowest BCUT2D eigenvalue weighted by atomic mass is 9.49. The van der Waals surface area contributed by atoms with Crippen LogP contribution < -0.4 is 0 Å². The second kappa shape index (κ2) is 5.56. The van der Waals surface area contributed by atoms with Crippen LogP contribution in [-0.2, 0) is 9.53 Å². The third-order valence-electron chi connectivity index (χ3n) is 5.74. The van der Waals surface area contributed by atoms with Crippen LogP contribution in [0.15, 0.2) is 12.2 Å². The summed E-state index contributed by atoms with van der Waals surface area (Å²) in [5.74, 6) is -0.202. The highest BCUT2D eigenvalue weighted by Crippen LogP contribution is 2.63. The highest BCUT2D eigenvalue weighted by atomic mass is 79.9. The second-order valence-electron chi connectivity index (χ2n) is 7.66. The van der Waals surface area contributed by atoms with Gasteiger partial charge >= 0.3 is 5.97 Å². The zero-order valence-corrected chi connectivity index (χ0v) is 15.8. The molecule has 4 heteroatoms. The molecule has 1 spiro atoms. The van der Waals surface area contributed by atoms with Gasteiger partial charge in [0.25, 0.3) is 0 Å². The normalized spacial score (nSPS) is 42.9. The molecule has 4 atom stereocenters. The molecule has 0 heterocycles. The molecule has 0 saturated heterocycles. The van der Waals surface area contributed by atoms with Crippen molar-refractivity contribution in [2.45, 2.75) is 75.6 Å². The quantitative estimate of drug-likeness (QED) is 0.355. The van der Waals surface area contributed by atoms with Crippen LogP contribution in [0.4, 0.5) is 0 Å². The average molecular weight is 378 g/mol. The lowest BCUT2D eigenvalue weighted by Crippen LogP contribution is -2.53. The van der Waals surface area contributed by atoms with Gasteiger partial charge in [0.2, 0.25) is 0 Å². The Bertz CT molecular complexity index is 458. The predicted octanol–water partition coefficient (Wildman–Crippen LogP) is 5.23. The number of ether oxygens (including phenoxy) is 1. The van der Waals surface area contributed by atoms with E-state index in [2.05, 4.69) is 43.3 Å². The van der Waals surface area contributed by atoms with E-state index >= 15 is 0 Å². The second-order valence-corrected chi connectivity index (χ2v) is 10.00. The van der Waals surface area contributed by atoms with E-state index in [0.717, 1.165) is 32.1 Å². The Morgan fingerprint density at radius 2 is 1.95 bits per heavy atom. The predicted molar refractivity (Wildman–Crippen MR) is 91.0 cm³/mol. The molecule has 2 fully saturated rings. The molecule has 21 heavy (non-hydrogen) atoms. The van der Waals surface area contributed by atoms with Gasteiger partial charge in [0.1, 0.15) is 6.10 Å². The third kappa shape index (κ3) is 3.06. The number of carbonyl (C=O) groups excluding carboxylic acids is 1. The van der Waals surface area contributed by atoms with Gasteiger partial charge in [0, 0.05) is 23.0 Å². The number of hydrogen-bond acceptors (Lipinski definition) is 2. The van der Waals surface area contributed by atoms with Crippen molar-refractivity contribution in [1.29, 1.82) is 0 Å². The summed E-state index contributed by atoms with van der Waals surface area (Å²) in [7, 11) is 0. The molecule has 0 aromatic heterocycles. The lowest BCUT2D eigenvalue weighted by molar-refractivity contribution is -0.151. The number of esters is 1. The van der Waals surface area contributed by atoms with Gasteiger partial charge in [0.15, 0.2) is 0 Å². The first-order chi connectivity index (χ1) is 9.50. The maximum absolute atomic E-state index is 11.3. The molecule has 0 aliphatic heterocycles. The number of hydrogen-bond donors (Lipinski definition) is 0. The SMILES string of the molecule is C=C1C[C@H](OC(C)=O)CC(C)(C)[C@@]12CC[C@@](C)(Br)[C@H](Cl)C2. The van der Waals surface area contributed by atoms with E-state index in [1.165, 1.54) is 12.5 Å². The van der Waals surface area contributed by atoms with Crippen LogP contribution in [0, 0.1) is 10.8 Å². The lowest BCUT2D eigenvalue weighted by Gasteiger charge is -2.58. The van der Waals surface area contributed by atoms with E-state index in [1.54, 1.807) is 0 Å². The van der Waals surface area contributed by atoms with E-state index in [0.29, 0.717) is 0 Å². The first-order valence-electron chi connectivity index (χ1n) is 7.69. The molecule has 0 bridgehead atoms. The van der Waals surface area contributed by atoms with Gasteiger partial charge < -0.3 is 4.74 Å². The Balaban J connectivity index is 2.25. The fourth-order valence-corrected chi connectivity index (χ4v) is 5.01. The summed E-state index contributed by atoms with van der Waals surface area (Å²) in [5.41, 5.74) is 1.31. The molecule has 0 aromatic rings. The molecule has 120 valence electrons. The fourth-order valence-electron chi connectivity index (χ4n) is 4.27. The summed E-state index contributed by atoms with van der Waals surface area (Å²) >= 11 is 10.5. The van der Waals surface area contributed by atoms with Gasteiger partial charge in [-0.25, -0.2) is 0 Å². The van der Waals surface area contributed by atoms with Crippen molar-refractivity contribution < 1.29 is 9.53 Å². The molecule has 0 aromatic carbocycles. The maximum Gasteiger partial charge on any atom is 0.302 e. The van der Waals surface area contributed by atoms with Crippen molar-refractivity contribution in [1.82, 2.24) is 0 Å². The number of carbonyl (C=O) groups is 1. The maximum atomic E-state index is 11.3. The van der Waals surface area contributed by atoms with Crippen LogP contribution in [0.1, 0.15) is 59.8 Å². The molecule has 2 nitrogen and oxygen atoms in total. The van der Waals surface area contributed by atoms with Crippen molar-refractivity contribution in [2.75, 3.05) is 0 Å². The summed E-state index contributed by atoms with van der Waals surface area (Å²) in [6, 6.07) is 0. The zero-order valence-electron chi connectivity index (χ0n) is 13.5. The van der Waals surface area contributed by atoms with E-state index in [9.17, 15) is 4.79 Å². The van der Waals surface area contributed by atoms with E-state index < -0.39 is 0 Å². The highest BCUT2D eigenvalue weighted by molar-refractivity contribution is 9.10. The topological polar surface area (TPSA) is 26.3 Å². The largest absolute Gasteiger partial charge is 0.462 e. The van der Waals surface area contributed by atoms with Gasteiger partial charge in [-0.05, 0) is 43.4 Å². The minimum absolute atomic E-state index is 0.00288. The first kappa shape index (κ1) is 17.3. The van der Waals surface area contributed by atoms with Crippen molar-refractivity contribution in [3.8, 4) is 0 Å². The number of rotatable bonds is 1. The van der Waals surface area contributed by atoms with Gasteiger partial charge in [0.05, 0.1) is 0 Å². The molecular weight excluding hydrogens is 352 g/mol. The van der Waals surface area contributed by atoms with Gasteiger partial charge in [-0.2, -0.15) is 0 Å². The Hall–Kier alpha value is -0.0200. The van der Waals surface area contributed by atoms with Crippen molar-refractivity contribution in [3.05, 3.63) is 12.2 Å². The molecule has 2 aliphatic carbocycles. The van der Waals surface area contributed by atoms with E-state index in [1.807, 2.05) is 0 Å². The Kier molecular flexibility index (Phi) is 4.59. The molecular formula is C17H26BrClO2. The molecule has 0 radical (unpaired) electrons. The zero-order chi connectivity index (χ0) is 16.1. The van der Waals surface area contributed by atoms with Crippen molar-refractivity contribution in [3.63, 3.8) is 0 Å². The molecule has 0 N–H and O–H groups in total. The Labute approximate surface area is 141 Å². The molecule has 0 amide bonds. The molecule has 2 aliphatic rings. The molecule has 2 saturated carbocycles. The van der Waals surface area contributed by atoms with Crippen molar-refractivity contribution >= 4 is 33.5 Å². The summed E-state index contributed by atoms with van der Waals surface area (Å²) in [5, 5.41) is 0.0903. The first-order valence-corrected chi connectivity index (χ1v) is 8.92. The minimum atomic E-state index is -0.202. The number of alkyl halides is 2. The fraction of sp³-hybridized carbons (Fsp3) is 0.824. The highest BCUT2D eigenvalue weighted by Gasteiger charge is 2.56. The molecule has 2 rings (SSSR count). The van der Waals surface area contributed by atoms with Gasteiger partial charge in [-0.3, -0.25) is 4.79 Å². The van der Waals surface area contributed by atoms with Gasteiger partial charge in [-0.15, -0.1) is 11.6 Å². The van der Waals surface area contributed by atoms with E-state index in [4.69, 9.17) is 16.3 Å². The van der Waals surface area contributed by atoms with Crippen LogP contribution in [0.3, 0.4) is 0 Å². The van der Waals surface area contributed by atoms with Gasteiger partial charge in [-0.1, -0.05) is 41.9 Å². The monoisotopic (exact) mass is 376 g/mol. The van der Waals surface area contributed by atoms with Crippen LogP contribution >= 0.6 is 27.5 Å². The summed E-state index contributed by atoms with van der Waals surface area (Å²) in [6.45, 7) is 12.6. The summed E-state index contributed by atoms with van der Waals surface area (Å²) in [6.07, 6.45) is 4.69. The Morgan fingerprint density at radius 3 is 2.43 bits per heavy atom. The summed E-state index contributed by atoms with van der Waals surface area (Å²) < 4.78 is 5.46. The number of halogens is 2. The van der Waals surface area contributed by atoms with Crippen molar-refractivity contribution in [2.24, 2.45) is 10.8 Å². The molecule has 0 unspecified atom stereocenters. The van der Waals surface area contributed by atoms with E-state index in [-0.39, 0.29) is 32.6 Å². The van der Waals surface area contributed by atoms with Crippen LogP contribution in [0.5, 0.6) is 0 Å². The van der Waals surface area contributed by atoms with Crippen LogP contribution in [0.25, 0.3) is 0 Å². The average Bonchev–Trinajstić information content (AvgIpc) is 2.29. The third-order valence-corrected chi connectivity index (χ3v) is 7.59. The summed E-state index contributed by atoms with van der Waals surface area (Å²) in [4.78, 5) is 11.3.